The minimum absolute atomic E-state index is 0.0987. The average Bonchev–Trinajstić information content (AvgIpc) is 2.45. The third-order valence-corrected chi connectivity index (χ3v) is 4.23. The van der Waals surface area contributed by atoms with Gasteiger partial charge >= 0.3 is 0 Å². The Kier molecular flexibility index (Phi) is 7.67. The van der Waals surface area contributed by atoms with E-state index in [0.717, 1.165) is 42.6 Å². The van der Waals surface area contributed by atoms with Crippen molar-refractivity contribution in [1.29, 1.82) is 0 Å². The average molecular weight is 358 g/mol. The Morgan fingerprint density at radius 2 is 2.05 bits per heavy atom. The lowest BCUT2D eigenvalue weighted by atomic mass is 10.1. The summed E-state index contributed by atoms with van der Waals surface area (Å²) in [6, 6.07) is 5.14. The number of rotatable bonds is 9. The largest absolute Gasteiger partial charge is 0.382 e. The molecule has 1 aromatic carbocycles. The molecule has 5 nitrogen and oxygen atoms in total. The van der Waals surface area contributed by atoms with Crippen LogP contribution in [0.15, 0.2) is 22.7 Å². The Bertz CT molecular complexity index is 464. The van der Waals surface area contributed by atoms with Crippen LogP contribution in [0.1, 0.15) is 33.6 Å². The first-order valence-electron chi connectivity index (χ1n) is 7.40. The highest BCUT2D eigenvalue weighted by Crippen LogP contribution is 2.27. The number of nitrogens with zero attached hydrogens (tertiary/aromatic N) is 2. The van der Waals surface area contributed by atoms with Crippen LogP contribution >= 0.6 is 15.9 Å². The van der Waals surface area contributed by atoms with Gasteiger partial charge in [-0.05, 0) is 61.4 Å². The Morgan fingerprint density at radius 1 is 1.38 bits per heavy atom. The standard InChI is InChI=1S/C15H24BrN3O2/c1-4-18(5-2)10-6-7-12(3)17-15-9-8-13(19(20)21)11-14(15)16/h8-9,11-12,17H,4-7,10H2,1-3H3. The smallest absolute Gasteiger partial charge is 0.270 e. The van der Waals surface area contributed by atoms with Gasteiger partial charge in [-0.3, -0.25) is 10.1 Å². The molecule has 0 saturated heterocycles. The van der Waals surface area contributed by atoms with Crippen molar-refractivity contribution >= 4 is 27.3 Å². The zero-order valence-electron chi connectivity index (χ0n) is 12.9. The molecular weight excluding hydrogens is 334 g/mol. The monoisotopic (exact) mass is 357 g/mol. The van der Waals surface area contributed by atoms with E-state index < -0.39 is 0 Å². The quantitative estimate of drug-likeness (QED) is 0.529. The molecule has 0 saturated carbocycles. The number of halogens is 1. The van der Waals surface area contributed by atoms with E-state index in [1.165, 1.54) is 12.1 Å². The number of nitrogens with one attached hydrogen (secondary N) is 1. The summed E-state index contributed by atoms with van der Waals surface area (Å²) in [6.07, 6.45) is 2.21. The Labute approximate surface area is 135 Å². The van der Waals surface area contributed by atoms with Crippen LogP contribution in [0.4, 0.5) is 11.4 Å². The maximum Gasteiger partial charge on any atom is 0.270 e. The summed E-state index contributed by atoms with van der Waals surface area (Å²) in [7, 11) is 0. The molecule has 0 spiro atoms. The van der Waals surface area contributed by atoms with Crippen molar-refractivity contribution in [2.75, 3.05) is 25.0 Å². The van der Waals surface area contributed by atoms with E-state index >= 15 is 0 Å². The maximum atomic E-state index is 10.7. The molecule has 0 aliphatic rings. The van der Waals surface area contributed by atoms with Crippen molar-refractivity contribution < 1.29 is 4.92 Å². The number of nitro benzene ring substituents is 1. The molecule has 6 heteroatoms. The second-order valence-electron chi connectivity index (χ2n) is 5.14. The van der Waals surface area contributed by atoms with Gasteiger partial charge in [0, 0.05) is 28.3 Å². The van der Waals surface area contributed by atoms with Gasteiger partial charge in [0.1, 0.15) is 0 Å². The Morgan fingerprint density at radius 3 is 2.57 bits per heavy atom. The van der Waals surface area contributed by atoms with Crippen LogP contribution in [-0.4, -0.2) is 35.5 Å². The summed E-state index contributed by atoms with van der Waals surface area (Å²) in [6.45, 7) is 9.79. The third kappa shape index (κ3) is 6.01. The second-order valence-corrected chi connectivity index (χ2v) is 5.99. The van der Waals surface area contributed by atoms with Crippen LogP contribution < -0.4 is 5.32 Å². The lowest BCUT2D eigenvalue weighted by Gasteiger charge is -2.20. The molecule has 0 aliphatic heterocycles. The molecule has 1 N–H and O–H groups in total. The van der Waals surface area contributed by atoms with Gasteiger partial charge in [0.15, 0.2) is 0 Å². The SMILES string of the molecule is CCN(CC)CCCC(C)Nc1ccc([N+](=O)[O-])cc1Br. The molecular formula is C15H24BrN3O2. The summed E-state index contributed by atoms with van der Waals surface area (Å²) in [5.41, 5.74) is 0.998. The second kappa shape index (κ2) is 9.00. The first kappa shape index (κ1) is 17.9. The van der Waals surface area contributed by atoms with Crippen LogP contribution in [-0.2, 0) is 0 Å². The van der Waals surface area contributed by atoms with Crippen LogP contribution in [0.25, 0.3) is 0 Å². The lowest BCUT2D eigenvalue weighted by Crippen LogP contribution is -2.25. The maximum absolute atomic E-state index is 10.7. The fraction of sp³-hybridized carbons (Fsp3) is 0.600. The summed E-state index contributed by atoms with van der Waals surface area (Å²) in [5.74, 6) is 0. The van der Waals surface area contributed by atoms with E-state index in [0.29, 0.717) is 6.04 Å². The number of benzene rings is 1. The summed E-state index contributed by atoms with van der Waals surface area (Å²) in [5, 5.41) is 14.1. The molecule has 0 aromatic heterocycles. The van der Waals surface area contributed by atoms with E-state index in [2.05, 4.69) is 46.9 Å². The molecule has 21 heavy (non-hydrogen) atoms. The minimum atomic E-state index is -0.387. The molecule has 0 amide bonds. The summed E-state index contributed by atoms with van der Waals surface area (Å²) in [4.78, 5) is 12.7. The number of non-ortho nitro benzene ring substituents is 1. The summed E-state index contributed by atoms with van der Waals surface area (Å²) >= 11 is 3.38. The van der Waals surface area contributed by atoms with Gasteiger partial charge in [-0.2, -0.15) is 0 Å². The molecule has 0 radical (unpaired) electrons. The van der Waals surface area contributed by atoms with Crippen LogP contribution in [0, 0.1) is 10.1 Å². The number of anilines is 1. The van der Waals surface area contributed by atoms with Gasteiger partial charge < -0.3 is 10.2 Å². The van der Waals surface area contributed by atoms with Gasteiger partial charge in [0.05, 0.1) is 4.92 Å². The third-order valence-electron chi connectivity index (χ3n) is 3.57. The number of nitro groups is 1. The number of hydrogen-bond acceptors (Lipinski definition) is 4. The zero-order chi connectivity index (χ0) is 15.8. The van der Waals surface area contributed by atoms with E-state index in [4.69, 9.17) is 0 Å². The zero-order valence-corrected chi connectivity index (χ0v) is 14.5. The number of hydrogen-bond donors (Lipinski definition) is 1. The highest BCUT2D eigenvalue weighted by Gasteiger charge is 2.11. The van der Waals surface area contributed by atoms with E-state index in [-0.39, 0.29) is 10.6 Å². The first-order chi connectivity index (χ1) is 9.97. The molecule has 1 aromatic rings. The van der Waals surface area contributed by atoms with Crippen molar-refractivity contribution in [2.45, 2.75) is 39.7 Å². The van der Waals surface area contributed by atoms with E-state index in [9.17, 15) is 10.1 Å². The molecule has 0 heterocycles. The van der Waals surface area contributed by atoms with Crippen molar-refractivity contribution in [3.8, 4) is 0 Å². The van der Waals surface area contributed by atoms with Crippen LogP contribution in [0.3, 0.4) is 0 Å². The fourth-order valence-electron chi connectivity index (χ4n) is 2.23. The fourth-order valence-corrected chi connectivity index (χ4v) is 2.71. The van der Waals surface area contributed by atoms with Crippen LogP contribution in [0.2, 0.25) is 0 Å². The normalized spacial score (nSPS) is 12.4. The molecule has 0 aliphatic carbocycles. The van der Waals surface area contributed by atoms with Crippen molar-refractivity contribution in [3.63, 3.8) is 0 Å². The van der Waals surface area contributed by atoms with Crippen molar-refractivity contribution in [2.24, 2.45) is 0 Å². The molecule has 118 valence electrons. The minimum Gasteiger partial charge on any atom is -0.382 e. The van der Waals surface area contributed by atoms with Gasteiger partial charge in [-0.25, -0.2) is 0 Å². The topological polar surface area (TPSA) is 58.4 Å². The van der Waals surface area contributed by atoms with Gasteiger partial charge in [0.25, 0.3) is 5.69 Å². The van der Waals surface area contributed by atoms with Crippen molar-refractivity contribution in [1.82, 2.24) is 4.90 Å². The summed E-state index contributed by atoms with van der Waals surface area (Å²) < 4.78 is 0.729. The van der Waals surface area contributed by atoms with E-state index in [1.54, 1.807) is 6.07 Å². The molecule has 1 rings (SSSR count). The molecule has 1 unspecified atom stereocenters. The van der Waals surface area contributed by atoms with Crippen LogP contribution in [0.5, 0.6) is 0 Å². The van der Waals surface area contributed by atoms with Gasteiger partial charge in [-0.15, -0.1) is 0 Å². The first-order valence-corrected chi connectivity index (χ1v) is 8.20. The lowest BCUT2D eigenvalue weighted by molar-refractivity contribution is -0.384. The predicted octanol–water partition coefficient (Wildman–Crippen LogP) is 4.28. The van der Waals surface area contributed by atoms with Crippen molar-refractivity contribution in [3.05, 3.63) is 32.8 Å². The molecule has 0 fully saturated rings. The van der Waals surface area contributed by atoms with Gasteiger partial charge in [0.2, 0.25) is 0 Å². The highest BCUT2D eigenvalue weighted by atomic mass is 79.9. The van der Waals surface area contributed by atoms with Gasteiger partial charge in [-0.1, -0.05) is 13.8 Å². The predicted molar refractivity (Wildman–Crippen MR) is 90.9 cm³/mol. The molecule has 1 atom stereocenters. The Balaban J connectivity index is 2.47. The molecule has 0 bridgehead atoms. The Hall–Kier alpha value is -1.14. The van der Waals surface area contributed by atoms with E-state index in [1.807, 2.05) is 0 Å². The highest BCUT2D eigenvalue weighted by molar-refractivity contribution is 9.10.